The van der Waals surface area contributed by atoms with Gasteiger partial charge in [-0.3, -0.25) is 9.78 Å². The van der Waals surface area contributed by atoms with Crippen molar-refractivity contribution in [3.8, 4) is 0 Å². The first-order valence-corrected chi connectivity index (χ1v) is 9.80. The van der Waals surface area contributed by atoms with E-state index in [2.05, 4.69) is 30.7 Å². The minimum Gasteiger partial charge on any atom is -0.367 e. The van der Waals surface area contributed by atoms with Crippen LogP contribution in [0.5, 0.6) is 0 Å². The molecule has 0 bridgehead atoms. The minimum absolute atomic E-state index is 0. The standard InChI is InChI=1S/C21H26F3N5O2.HI/c1-2-26-20(28-11-10-27-19(30)18-4-3-9-25-13-18)29-12-16-5-7-17(8-6-16)14-31-15-21(22,23)24;/h3-9,13H,2,10-12,14-15H2,1H3,(H,27,30)(H2,26,28,29);1H. The number of hydrogen-bond acceptors (Lipinski definition) is 4. The maximum Gasteiger partial charge on any atom is 0.411 e. The maximum absolute atomic E-state index is 12.1. The highest BCUT2D eigenvalue weighted by Crippen LogP contribution is 2.16. The van der Waals surface area contributed by atoms with E-state index in [1.165, 1.54) is 6.20 Å². The Hall–Kier alpha value is -2.41. The summed E-state index contributed by atoms with van der Waals surface area (Å²) in [5.41, 5.74) is 2.06. The van der Waals surface area contributed by atoms with Gasteiger partial charge in [-0.1, -0.05) is 24.3 Å². The molecule has 0 aliphatic heterocycles. The van der Waals surface area contributed by atoms with E-state index < -0.39 is 12.8 Å². The van der Waals surface area contributed by atoms with Crippen molar-refractivity contribution in [1.29, 1.82) is 0 Å². The van der Waals surface area contributed by atoms with Gasteiger partial charge in [0.25, 0.3) is 5.91 Å². The van der Waals surface area contributed by atoms with Gasteiger partial charge in [-0.15, -0.1) is 24.0 Å². The molecule has 1 aromatic carbocycles. The van der Waals surface area contributed by atoms with Crippen molar-refractivity contribution in [2.75, 3.05) is 26.2 Å². The molecule has 0 saturated heterocycles. The van der Waals surface area contributed by atoms with Crippen LogP contribution in [0.4, 0.5) is 13.2 Å². The van der Waals surface area contributed by atoms with Crippen LogP contribution in [0, 0.1) is 0 Å². The van der Waals surface area contributed by atoms with Crippen molar-refractivity contribution < 1.29 is 22.7 Å². The van der Waals surface area contributed by atoms with E-state index >= 15 is 0 Å². The van der Waals surface area contributed by atoms with Crippen molar-refractivity contribution >= 4 is 35.8 Å². The highest BCUT2D eigenvalue weighted by Gasteiger charge is 2.27. The number of halogens is 4. The molecular formula is C21H27F3IN5O2. The maximum atomic E-state index is 12.1. The Morgan fingerprint density at radius 2 is 1.75 bits per heavy atom. The first kappa shape index (κ1) is 27.6. The lowest BCUT2D eigenvalue weighted by Gasteiger charge is -2.12. The molecule has 1 aromatic heterocycles. The number of benzene rings is 1. The third-order valence-electron chi connectivity index (χ3n) is 3.95. The molecule has 0 spiro atoms. The number of guanidine groups is 1. The highest BCUT2D eigenvalue weighted by atomic mass is 127. The normalized spacial score (nSPS) is 11.4. The molecule has 1 heterocycles. The predicted octanol–water partition coefficient (Wildman–Crippen LogP) is 3.26. The second-order valence-electron chi connectivity index (χ2n) is 6.54. The zero-order valence-electron chi connectivity index (χ0n) is 17.6. The minimum atomic E-state index is -4.33. The fourth-order valence-corrected chi connectivity index (χ4v) is 2.49. The summed E-state index contributed by atoms with van der Waals surface area (Å²) in [6.45, 7) is 2.52. The number of ether oxygens (including phenoxy) is 1. The number of alkyl halides is 3. The van der Waals surface area contributed by atoms with Crippen LogP contribution < -0.4 is 16.0 Å². The largest absolute Gasteiger partial charge is 0.411 e. The SMILES string of the molecule is CCNC(=NCc1ccc(COCC(F)(F)F)cc1)NCCNC(=O)c1cccnc1.I. The predicted molar refractivity (Wildman–Crippen MR) is 127 cm³/mol. The monoisotopic (exact) mass is 565 g/mol. The van der Waals surface area contributed by atoms with Crippen LogP contribution in [0.3, 0.4) is 0 Å². The Morgan fingerprint density at radius 1 is 1.06 bits per heavy atom. The van der Waals surface area contributed by atoms with Crippen molar-refractivity contribution in [2.24, 2.45) is 4.99 Å². The van der Waals surface area contributed by atoms with E-state index in [1.54, 1.807) is 42.6 Å². The van der Waals surface area contributed by atoms with Crippen LogP contribution in [0.15, 0.2) is 53.8 Å². The summed E-state index contributed by atoms with van der Waals surface area (Å²) < 4.78 is 41.0. The van der Waals surface area contributed by atoms with Crippen LogP contribution in [0.25, 0.3) is 0 Å². The van der Waals surface area contributed by atoms with Gasteiger partial charge in [0.1, 0.15) is 6.61 Å². The summed E-state index contributed by atoms with van der Waals surface area (Å²) in [6.07, 6.45) is -1.22. The lowest BCUT2D eigenvalue weighted by molar-refractivity contribution is -0.176. The number of hydrogen-bond donors (Lipinski definition) is 3. The van der Waals surface area contributed by atoms with Gasteiger partial charge in [-0.25, -0.2) is 4.99 Å². The van der Waals surface area contributed by atoms with Crippen LogP contribution in [-0.4, -0.2) is 49.3 Å². The molecule has 2 aromatic rings. The van der Waals surface area contributed by atoms with Crippen LogP contribution in [0.2, 0.25) is 0 Å². The van der Waals surface area contributed by atoms with E-state index in [4.69, 9.17) is 0 Å². The van der Waals surface area contributed by atoms with Gasteiger partial charge >= 0.3 is 6.18 Å². The molecule has 0 aliphatic rings. The average molecular weight is 565 g/mol. The van der Waals surface area contributed by atoms with E-state index in [1.807, 2.05) is 6.92 Å². The average Bonchev–Trinajstić information content (AvgIpc) is 2.75. The van der Waals surface area contributed by atoms with Crippen molar-refractivity contribution in [3.05, 3.63) is 65.5 Å². The van der Waals surface area contributed by atoms with Gasteiger partial charge in [0.15, 0.2) is 5.96 Å². The number of rotatable bonds is 10. The Labute approximate surface area is 202 Å². The Kier molecular flexibility index (Phi) is 12.6. The first-order valence-electron chi connectivity index (χ1n) is 9.80. The van der Waals surface area contributed by atoms with Crippen molar-refractivity contribution in [2.45, 2.75) is 26.3 Å². The number of pyridine rings is 1. The molecule has 3 N–H and O–H groups in total. The lowest BCUT2D eigenvalue weighted by Crippen LogP contribution is -2.41. The summed E-state index contributed by atoms with van der Waals surface area (Å²) in [4.78, 5) is 20.4. The molecule has 11 heteroatoms. The summed E-state index contributed by atoms with van der Waals surface area (Å²) in [5, 5.41) is 9.04. The van der Waals surface area contributed by atoms with Gasteiger partial charge in [-0.05, 0) is 30.2 Å². The summed E-state index contributed by atoms with van der Waals surface area (Å²) >= 11 is 0. The van der Waals surface area contributed by atoms with Crippen LogP contribution in [0.1, 0.15) is 28.4 Å². The molecule has 0 aliphatic carbocycles. The molecule has 0 radical (unpaired) electrons. The third-order valence-corrected chi connectivity index (χ3v) is 3.95. The Bertz CT molecular complexity index is 834. The number of carbonyl (C=O) groups is 1. The number of nitrogens with zero attached hydrogens (tertiary/aromatic N) is 2. The molecule has 1 amide bonds. The van der Waals surface area contributed by atoms with E-state index in [9.17, 15) is 18.0 Å². The summed E-state index contributed by atoms with van der Waals surface area (Å²) in [5.74, 6) is 0.395. The molecule has 7 nitrogen and oxygen atoms in total. The topological polar surface area (TPSA) is 87.6 Å². The molecule has 32 heavy (non-hydrogen) atoms. The third kappa shape index (κ3) is 11.3. The summed E-state index contributed by atoms with van der Waals surface area (Å²) in [6, 6.07) is 10.4. The second-order valence-corrected chi connectivity index (χ2v) is 6.54. The molecule has 0 unspecified atom stereocenters. The zero-order chi connectivity index (χ0) is 22.5. The van der Waals surface area contributed by atoms with Gasteiger partial charge in [0, 0.05) is 32.0 Å². The molecular weight excluding hydrogens is 538 g/mol. The Balaban J connectivity index is 0.00000512. The number of amides is 1. The van der Waals surface area contributed by atoms with Gasteiger partial charge < -0.3 is 20.7 Å². The Morgan fingerprint density at radius 3 is 2.38 bits per heavy atom. The molecule has 2 rings (SSSR count). The van der Waals surface area contributed by atoms with Gasteiger partial charge in [-0.2, -0.15) is 13.2 Å². The zero-order valence-corrected chi connectivity index (χ0v) is 19.9. The quantitative estimate of drug-likeness (QED) is 0.178. The van der Waals surface area contributed by atoms with Gasteiger partial charge in [0.05, 0.1) is 18.7 Å². The second kappa shape index (κ2) is 14.6. The van der Waals surface area contributed by atoms with Crippen molar-refractivity contribution in [3.63, 3.8) is 0 Å². The van der Waals surface area contributed by atoms with E-state index in [-0.39, 0.29) is 36.5 Å². The first-order chi connectivity index (χ1) is 14.9. The number of aromatic nitrogens is 1. The number of carbonyl (C=O) groups excluding carboxylic acids is 1. The highest BCUT2D eigenvalue weighted by molar-refractivity contribution is 14.0. The van der Waals surface area contributed by atoms with E-state index in [0.717, 1.165) is 5.56 Å². The summed E-state index contributed by atoms with van der Waals surface area (Å²) in [7, 11) is 0. The van der Waals surface area contributed by atoms with Crippen LogP contribution in [-0.2, 0) is 17.9 Å². The number of aliphatic imine (C=N–C) groups is 1. The molecule has 176 valence electrons. The molecule has 0 saturated carbocycles. The molecule has 0 fully saturated rings. The fraction of sp³-hybridized carbons (Fsp3) is 0.381. The van der Waals surface area contributed by atoms with E-state index in [0.29, 0.717) is 43.3 Å². The molecule has 0 atom stereocenters. The number of nitrogens with one attached hydrogen (secondary N) is 3. The smallest absolute Gasteiger partial charge is 0.367 e. The van der Waals surface area contributed by atoms with Crippen molar-refractivity contribution in [1.82, 2.24) is 20.9 Å². The van der Waals surface area contributed by atoms with Crippen LogP contribution >= 0.6 is 24.0 Å². The van der Waals surface area contributed by atoms with Gasteiger partial charge in [0.2, 0.25) is 0 Å². The lowest BCUT2D eigenvalue weighted by atomic mass is 10.1. The fourth-order valence-electron chi connectivity index (χ4n) is 2.49.